The number of ether oxygens (including phenoxy) is 2. The first-order valence-electron chi connectivity index (χ1n) is 11.7. The van der Waals surface area contributed by atoms with Crippen LogP contribution >= 0.6 is 11.6 Å². The van der Waals surface area contributed by atoms with Crippen LogP contribution in [0, 0.1) is 0 Å². The molecule has 2 atom stereocenters. The van der Waals surface area contributed by atoms with Crippen LogP contribution in [0.5, 0.6) is 0 Å². The van der Waals surface area contributed by atoms with Crippen LogP contribution in [0.1, 0.15) is 36.7 Å². The lowest BCUT2D eigenvalue weighted by Gasteiger charge is -2.36. The van der Waals surface area contributed by atoms with E-state index in [0.717, 1.165) is 23.4 Å². The molecule has 0 aliphatic carbocycles. The van der Waals surface area contributed by atoms with E-state index in [0.29, 0.717) is 12.1 Å². The largest absolute Gasteiger partial charge is 0.442 e. The maximum absolute atomic E-state index is 13.6. The third-order valence-corrected chi connectivity index (χ3v) is 7.24. The number of carbonyl (C=O) groups excluding carboxylic acids is 2. The number of pyridine rings is 1. The number of anilines is 2. The quantitative estimate of drug-likeness (QED) is 0.403. The summed E-state index contributed by atoms with van der Waals surface area (Å²) in [6.45, 7) is 3.16. The summed E-state index contributed by atoms with van der Waals surface area (Å²) in [5, 5.41) is 1.31. The van der Waals surface area contributed by atoms with Crippen LogP contribution in [0.25, 0.3) is 0 Å². The number of rotatable bonds is 4. The number of hydrogen-bond acceptors (Lipinski definition) is 7. The predicted molar refractivity (Wildman–Crippen MR) is 138 cm³/mol. The van der Waals surface area contributed by atoms with Gasteiger partial charge >= 0.3 is 18.4 Å². The van der Waals surface area contributed by atoms with Crippen molar-refractivity contribution in [2.24, 2.45) is 4.36 Å². The van der Waals surface area contributed by atoms with Gasteiger partial charge < -0.3 is 19.7 Å². The number of nitrogens with one attached hydrogen (secondary N) is 1. The fourth-order valence-electron chi connectivity index (χ4n) is 3.65. The van der Waals surface area contributed by atoms with Crippen LogP contribution in [0.15, 0.2) is 39.9 Å². The molecule has 1 N–H and O–H groups in total. The molecule has 1 aromatic carbocycles. The summed E-state index contributed by atoms with van der Waals surface area (Å²) in [7, 11) is -3.47. The zero-order valence-corrected chi connectivity index (χ0v) is 23.6. The fourth-order valence-corrected chi connectivity index (χ4v) is 4.94. The van der Waals surface area contributed by atoms with Gasteiger partial charge in [0.05, 0.1) is 35.0 Å². The second-order valence-electron chi connectivity index (χ2n) is 9.91. The van der Waals surface area contributed by atoms with E-state index in [4.69, 9.17) is 21.1 Å². The van der Waals surface area contributed by atoms with Crippen molar-refractivity contribution in [3.8, 4) is 0 Å². The molecule has 2 amide bonds. The second kappa shape index (κ2) is 11.6. The molecular weight excluding hydrogens is 606 g/mol. The van der Waals surface area contributed by atoms with Gasteiger partial charge in [-0.3, -0.25) is 4.79 Å². The molecule has 0 bridgehead atoms. The number of carbonyl (C=O) groups is 2. The molecule has 0 unspecified atom stereocenters. The van der Waals surface area contributed by atoms with Crippen LogP contribution in [0.3, 0.4) is 0 Å². The van der Waals surface area contributed by atoms with Crippen LogP contribution in [-0.4, -0.2) is 65.0 Å². The van der Waals surface area contributed by atoms with Gasteiger partial charge in [0.1, 0.15) is 20.4 Å². The normalized spacial score (nSPS) is 17.9. The lowest BCUT2D eigenvalue weighted by molar-refractivity contribution is -0.221. The molecule has 1 aliphatic rings. The number of hydrogen-bond donors (Lipinski definition) is 1. The highest BCUT2D eigenvalue weighted by atomic mass is 35.5. The summed E-state index contributed by atoms with van der Waals surface area (Å²) < 4.78 is 107. The lowest BCUT2D eigenvalue weighted by atomic mass is 10.0. The summed E-state index contributed by atoms with van der Waals surface area (Å²) in [5.74, 6) is -1.03. The van der Waals surface area contributed by atoms with Crippen LogP contribution in [0.2, 0.25) is 5.02 Å². The van der Waals surface area contributed by atoms with Crippen molar-refractivity contribution in [3.05, 3.63) is 46.6 Å². The summed E-state index contributed by atoms with van der Waals surface area (Å²) >= 11 is 5.83. The maximum Gasteiger partial charge on any atom is 0.442 e. The molecule has 1 fully saturated rings. The number of alkyl halides is 6. The van der Waals surface area contributed by atoms with Crippen LogP contribution < -0.4 is 10.2 Å². The van der Waals surface area contributed by atoms with E-state index < -0.39 is 80.8 Å². The highest BCUT2D eigenvalue weighted by Crippen LogP contribution is 2.40. The number of morpholine rings is 1. The first-order valence-corrected chi connectivity index (χ1v) is 14.0. The Labute approximate surface area is 236 Å². The molecule has 0 radical (unpaired) electrons. The minimum atomic E-state index is -4.96. The monoisotopic (exact) mass is 630 g/mol. The fraction of sp³-hybridized carbons (Fsp3) is 0.458. The summed E-state index contributed by atoms with van der Waals surface area (Å²) in [6, 6.07) is 3.58. The van der Waals surface area contributed by atoms with Crippen molar-refractivity contribution < 1.29 is 49.6 Å². The van der Waals surface area contributed by atoms with Gasteiger partial charge in [-0.2, -0.15) is 26.3 Å². The molecule has 2 heterocycles. The molecule has 2 aromatic rings. The van der Waals surface area contributed by atoms with Gasteiger partial charge in [0.2, 0.25) is 0 Å². The SMILES string of the molecule is CC(C)(C)OC(=O)N=[S@](C)(=O)c1cc(NC(=O)c2cc(Cl)c(C(F)(F)F)cc2N2CCO[C@@H](C(F)(F)F)C2)ccn1. The molecule has 1 saturated heterocycles. The van der Waals surface area contributed by atoms with E-state index in [9.17, 15) is 40.1 Å². The molecule has 1 aliphatic heterocycles. The molecule has 9 nitrogen and oxygen atoms in total. The van der Waals surface area contributed by atoms with Gasteiger partial charge in [0.15, 0.2) is 6.10 Å². The Morgan fingerprint density at radius 3 is 2.41 bits per heavy atom. The van der Waals surface area contributed by atoms with E-state index in [-0.39, 0.29) is 17.3 Å². The van der Waals surface area contributed by atoms with Crippen molar-refractivity contribution in [2.75, 3.05) is 36.2 Å². The topological polar surface area (TPSA) is 110 Å². The smallest absolute Gasteiger partial charge is 0.442 e. The van der Waals surface area contributed by atoms with Gasteiger partial charge in [-0.15, -0.1) is 4.36 Å². The highest BCUT2D eigenvalue weighted by molar-refractivity contribution is 7.93. The Morgan fingerprint density at radius 2 is 1.83 bits per heavy atom. The summed E-state index contributed by atoms with van der Waals surface area (Å²) in [5.41, 5.74) is -3.22. The number of nitrogens with zero attached hydrogens (tertiary/aromatic N) is 3. The zero-order valence-electron chi connectivity index (χ0n) is 22.0. The minimum absolute atomic E-state index is 0.0499. The molecule has 0 spiro atoms. The number of halogens is 7. The molecule has 41 heavy (non-hydrogen) atoms. The van der Waals surface area contributed by atoms with E-state index in [1.807, 2.05) is 0 Å². The van der Waals surface area contributed by atoms with Crippen LogP contribution in [0.4, 0.5) is 42.5 Å². The average Bonchev–Trinajstić information content (AvgIpc) is 2.81. The zero-order chi connectivity index (χ0) is 31.0. The van der Waals surface area contributed by atoms with E-state index >= 15 is 0 Å². The summed E-state index contributed by atoms with van der Waals surface area (Å²) in [4.78, 5) is 30.2. The van der Waals surface area contributed by atoms with E-state index in [1.54, 1.807) is 20.8 Å². The Hall–Kier alpha value is -3.11. The number of benzene rings is 1. The Kier molecular flexibility index (Phi) is 9.20. The molecule has 0 saturated carbocycles. The first-order chi connectivity index (χ1) is 18.7. The molecule has 3 rings (SSSR count). The predicted octanol–water partition coefficient (Wildman–Crippen LogP) is 6.17. The Bertz CT molecular complexity index is 1450. The van der Waals surface area contributed by atoms with E-state index in [1.165, 1.54) is 6.07 Å². The van der Waals surface area contributed by atoms with Crippen molar-refractivity contribution in [3.63, 3.8) is 0 Å². The van der Waals surface area contributed by atoms with Gasteiger partial charge in [-0.1, -0.05) is 11.6 Å². The van der Waals surface area contributed by atoms with Gasteiger partial charge in [-0.05, 0) is 45.0 Å². The third kappa shape index (κ3) is 8.45. The highest BCUT2D eigenvalue weighted by Gasteiger charge is 2.44. The first kappa shape index (κ1) is 32.4. The minimum Gasteiger partial charge on any atom is -0.442 e. The molecule has 17 heteroatoms. The number of aromatic nitrogens is 1. The standard InChI is InChI=1S/C24H25ClF6N4O5S/c1-22(2,3)40-21(37)34-41(4,38)19-9-13(5-6-32-19)33-20(36)14-10-16(25)15(23(26,27)28)11-17(14)35-7-8-39-18(12-35)24(29,30)31/h5-6,9-11,18H,7-8,12H2,1-4H3,(H,32,33,36)/t18-,41-/m1/s1. The van der Waals surface area contributed by atoms with Gasteiger partial charge in [0.25, 0.3) is 5.91 Å². The second-order valence-corrected chi connectivity index (χ2v) is 12.5. The summed E-state index contributed by atoms with van der Waals surface area (Å²) in [6.07, 6.45) is -10.9. The van der Waals surface area contributed by atoms with Crippen molar-refractivity contribution in [1.82, 2.24) is 4.98 Å². The van der Waals surface area contributed by atoms with Gasteiger partial charge in [0, 0.05) is 24.7 Å². The van der Waals surface area contributed by atoms with Crippen molar-refractivity contribution >= 4 is 44.7 Å². The number of amides is 2. The lowest BCUT2D eigenvalue weighted by Crippen LogP contribution is -2.49. The van der Waals surface area contributed by atoms with Crippen molar-refractivity contribution in [1.29, 1.82) is 0 Å². The van der Waals surface area contributed by atoms with Crippen LogP contribution in [-0.2, 0) is 25.4 Å². The Balaban J connectivity index is 1.99. The van der Waals surface area contributed by atoms with Gasteiger partial charge in [-0.25, -0.2) is 14.0 Å². The molecule has 226 valence electrons. The third-order valence-electron chi connectivity index (χ3n) is 5.43. The average molecular weight is 631 g/mol. The Morgan fingerprint density at radius 1 is 1.17 bits per heavy atom. The molecule has 1 aromatic heterocycles. The molecular formula is C24H25ClF6N4O5S. The van der Waals surface area contributed by atoms with Crippen molar-refractivity contribution in [2.45, 2.75) is 49.9 Å². The maximum atomic E-state index is 13.6. The van der Waals surface area contributed by atoms with E-state index in [2.05, 4.69) is 14.7 Å².